The minimum absolute atomic E-state index is 0.274. The predicted molar refractivity (Wildman–Crippen MR) is 76.5 cm³/mol. The molecule has 20 heavy (non-hydrogen) atoms. The topological polar surface area (TPSA) is 43.0 Å². The zero-order valence-corrected chi connectivity index (χ0v) is 12.3. The van der Waals surface area contributed by atoms with Crippen LogP contribution >= 0.6 is 0 Å². The molecule has 0 aliphatic carbocycles. The Hall–Kier alpha value is -1.46. The van der Waals surface area contributed by atoms with Gasteiger partial charge in [0.1, 0.15) is 0 Å². The maximum Gasteiger partial charge on any atom is 0.231 e. The quantitative estimate of drug-likeness (QED) is 0.910. The molecule has 1 saturated heterocycles. The van der Waals surface area contributed by atoms with Gasteiger partial charge in [-0.15, -0.1) is 0 Å². The van der Waals surface area contributed by atoms with Gasteiger partial charge in [0.25, 0.3) is 0 Å². The summed E-state index contributed by atoms with van der Waals surface area (Å²) in [4.78, 5) is 2.48. The van der Waals surface area contributed by atoms with Gasteiger partial charge < -0.3 is 19.5 Å². The molecule has 5 heteroatoms. The van der Waals surface area contributed by atoms with Crippen LogP contribution in [-0.2, 0) is 6.54 Å². The van der Waals surface area contributed by atoms with Gasteiger partial charge in [0.15, 0.2) is 11.5 Å². The van der Waals surface area contributed by atoms with Gasteiger partial charge in [-0.25, -0.2) is 0 Å². The number of ether oxygens (including phenoxy) is 3. The maximum absolute atomic E-state index is 5.49. The molecule has 5 nitrogen and oxygen atoms in total. The van der Waals surface area contributed by atoms with E-state index in [-0.39, 0.29) is 6.79 Å². The smallest absolute Gasteiger partial charge is 0.231 e. The van der Waals surface area contributed by atoms with Crippen LogP contribution in [0.4, 0.5) is 0 Å². The van der Waals surface area contributed by atoms with Crippen molar-refractivity contribution < 1.29 is 14.2 Å². The van der Waals surface area contributed by atoms with Crippen LogP contribution in [0.25, 0.3) is 0 Å². The third-order valence-electron chi connectivity index (χ3n) is 4.00. The Kier molecular flexibility index (Phi) is 3.72. The summed E-state index contributed by atoms with van der Waals surface area (Å²) in [5.41, 5.74) is 1.20. The number of nitrogens with one attached hydrogen (secondary N) is 1. The lowest BCUT2D eigenvalue weighted by Gasteiger charge is -2.37. The van der Waals surface area contributed by atoms with E-state index in [9.17, 15) is 0 Å². The summed E-state index contributed by atoms with van der Waals surface area (Å²) in [5.74, 6) is 2.26. The van der Waals surface area contributed by atoms with Crippen molar-refractivity contribution >= 4 is 0 Å². The third-order valence-corrected chi connectivity index (χ3v) is 4.00. The maximum atomic E-state index is 5.49. The minimum atomic E-state index is 0.274. The first-order chi connectivity index (χ1) is 9.67. The lowest BCUT2D eigenvalue weighted by atomic mass is 10.1. The number of rotatable bonds is 3. The van der Waals surface area contributed by atoms with Gasteiger partial charge in [0.2, 0.25) is 12.5 Å². The Balaban J connectivity index is 1.80. The molecule has 1 N–H and O–H groups in total. The van der Waals surface area contributed by atoms with Gasteiger partial charge in [0, 0.05) is 31.7 Å². The lowest BCUT2D eigenvalue weighted by Crippen LogP contribution is -2.53. The van der Waals surface area contributed by atoms with Crippen LogP contribution in [0.15, 0.2) is 12.1 Å². The molecular formula is C15H22N2O3. The number of fused-ring (bicyclic) bond motifs is 1. The van der Waals surface area contributed by atoms with Crippen LogP contribution in [-0.4, -0.2) is 44.0 Å². The largest absolute Gasteiger partial charge is 0.493 e. The molecule has 0 spiro atoms. The highest BCUT2D eigenvalue weighted by Gasteiger charge is 2.25. The van der Waals surface area contributed by atoms with E-state index in [2.05, 4.69) is 30.1 Å². The number of hydrogen-bond donors (Lipinski definition) is 1. The fraction of sp³-hybridized carbons (Fsp3) is 0.600. The molecule has 2 heterocycles. The molecule has 3 rings (SSSR count). The molecule has 0 bridgehead atoms. The van der Waals surface area contributed by atoms with Crippen LogP contribution in [0.2, 0.25) is 0 Å². The average Bonchev–Trinajstić information content (AvgIpc) is 2.90. The summed E-state index contributed by atoms with van der Waals surface area (Å²) in [6.07, 6.45) is 0. The van der Waals surface area contributed by atoms with Crippen molar-refractivity contribution in [3.05, 3.63) is 17.7 Å². The molecule has 2 aliphatic heterocycles. The van der Waals surface area contributed by atoms with Crippen LogP contribution in [0.3, 0.4) is 0 Å². The van der Waals surface area contributed by atoms with Crippen LogP contribution in [0.5, 0.6) is 17.2 Å². The Labute approximate surface area is 119 Å². The summed E-state index contributed by atoms with van der Waals surface area (Å²) >= 11 is 0. The Morgan fingerprint density at radius 2 is 2.20 bits per heavy atom. The van der Waals surface area contributed by atoms with E-state index in [0.29, 0.717) is 12.1 Å². The first-order valence-electron chi connectivity index (χ1n) is 7.11. The molecule has 110 valence electrons. The zero-order chi connectivity index (χ0) is 14.1. The predicted octanol–water partition coefficient (Wildman–Crippen LogP) is 1.61. The van der Waals surface area contributed by atoms with Crippen molar-refractivity contribution in [3.8, 4) is 17.2 Å². The molecule has 2 atom stereocenters. The molecule has 0 saturated carbocycles. The van der Waals surface area contributed by atoms with E-state index < -0.39 is 0 Å². The van der Waals surface area contributed by atoms with Gasteiger partial charge in [-0.2, -0.15) is 0 Å². The van der Waals surface area contributed by atoms with Gasteiger partial charge >= 0.3 is 0 Å². The van der Waals surface area contributed by atoms with Crippen LogP contribution < -0.4 is 19.5 Å². The summed E-state index contributed by atoms with van der Waals surface area (Å²) < 4.78 is 16.3. The van der Waals surface area contributed by atoms with Crippen molar-refractivity contribution in [1.29, 1.82) is 0 Å². The number of benzene rings is 1. The highest BCUT2D eigenvalue weighted by atomic mass is 16.7. The Morgan fingerprint density at radius 3 is 3.00 bits per heavy atom. The lowest BCUT2D eigenvalue weighted by molar-refractivity contribution is 0.138. The SMILES string of the molecule is COc1cc(CN2CC(C)NCC2C)cc2c1OCO2. The summed E-state index contributed by atoms with van der Waals surface area (Å²) in [7, 11) is 1.66. The van der Waals surface area contributed by atoms with E-state index in [0.717, 1.165) is 36.9 Å². The van der Waals surface area contributed by atoms with Gasteiger partial charge in [-0.05, 0) is 31.5 Å². The van der Waals surface area contributed by atoms with E-state index in [4.69, 9.17) is 14.2 Å². The van der Waals surface area contributed by atoms with E-state index in [1.165, 1.54) is 5.56 Å². The third kappa shape index (κ3) is 2.55. The van der Waals surface area contributed by atoms with Crippen molar-refractivity contribution in [1.82, 2.24) is 10.2 Å². The second kappa shape index (κ2) is 5.50. The summed E-state index contributed by atoms with van der Waals surface area (Å²) in [5, 5.41) is 3.50. The number of hydrogen-bond acceptors (Lipinski definition) is 5. The zero-order valence-electron chi connectivity index (χ0n) is 12.3. The van der Waals surface area contributed by atoms with Gasteiger partial charge in [-0.3, -0.25) is 4.90 Å². The number of piperazine rings is 1. The molecule has 1 aromatic carbocycles. The monoisotopic (exact) mass is 278 g/mol. The molecule has 1 aromatic rings. The van der Waals surface area contributed by atoms with E-state index in [1.807, 2.05) is 6.07 Å². The first-order valence-corrected chi connectivity index (χ1v) is 7.11. The van der Waals surface area contributed by atoms with Crippen molar-refractivity contribution in [2.24, 2.45) is 0 Å². The molecule has 0 radical (unpaired) electrons. The highest BCUT2D eigenvalue weighted by molar-refractivity contribution is 5.55. The second-order valence-electron chi connectivity index (χ2n) is 5.62. The molecular weight excluding hydrogens is 256 g/mol. The highest BCUT2D eigenvalue weighted by Crippen LogP contribution is 2.42. The molecule has 0 amide bonds. The summed E-state index contributed by atoms with van der Waals surface area (Å²) in [6.45, 7) is 7.74. The van der Waals surface area contributed by atoms with Crippen molar-refractivity contribution in [2.75, 3.05) is 27.0 Å². The molecule has 0 aromatic heterocycles. The molecule has 2 unspecified atom stereocenters. The fourth-order valence-corrected chi connectivity index (χ4v) is 2.83. The van der Waals surface area contributed by atoms with E-state index in [1.54, 1.807) is 7.11 Å². The average molecular weight is 278 g/mol. The Morgan fingerprint density at radius 1 is 1.35 bits per heavy atom. The van der Waals surface area contributed by atoms with Crippen molar-refractivity contribution in [3.63, 3.8) is 0 Å². The Bertz CT molecular complexity index is 492. The summed E-state index contributed by atoms with van der Waals surface area (Å²) in [6, 6.07) is 5.17. The van der Waals surface area contributed by atoms with Crippen LogP contribution in [0.1, 0.15) is 19.4 Å². The molecule has 1 fully saturated rings. The molecule has 2 aliphatic rings. The van der Waals surface area contributed by atoms with Gasteiger partial charge in [-0.1, -0.05) is 0 Å². The van der Waals surface area contributed by atoms with Crippen LogP contribution in [0, 0.1) is 0 Å². The fourth-order valence-electron chi connectivity index (χ4n) is 2.83. The van der Waals surface area contributed by atoms with E-state index >= 15 is 0 Å². The number of methoxy groups -OCH3 is 1. The normalized spacial score (nSPS) is 25.8. The minimum Gasteiger partial charge on any atom is -0.493 e. The standard InChI is InChI=1S/C15H22N2O3/c1-10-7-17(11(2)6-16-10)8-12-4-13(18-3)15-14(5-12)19-9-20-15/h4-5,10-11,16H,6-9H2,1-3H3. The number of nitrogens with zero attached hydrogens (tertiary/aromatic N) is 1. The van der Waals surface area contributed by atoms with Gasteiger partial charge in [0.05, 0.1) is 7.11 Å². The second-order valence-corrected chi connectivity index (χ2v) is 5.62. The van der Waals surface area contributed by atoms with Crippen molar-refractivity contribution in [2.45, 2.75) is 32.5 Å². The first kappa shape index (κ1) is 13.5.